The molecule has 0 aliphatic carbocycles. The van der Waals surface area contributed by atoms with E-state index in [1.807, 2.05) is 5.32 Å². The summed E-state index contributed by atoms with van der Waals surface area (Å²) in [5, 5.41) is 14.4. The molecule has 0 atom stereocenters. The lowest BCUT2D eigenvalue weighted by Crippen LogP contribution is -2.43. The molecule has 10 heteroatoms. The van der Waals surface area contributed by atoms with Crippen LogP contribution in [0.5, 0.6) is 0 Å². The van der Waals surface area contributed by atoms with Crippen LogP contribution < -0.4 is 16.0 Å². The molecule has 0 rings (SSSR count). The Balaban J connectivity index is 3.59. The van der Waals surface area contributed by atoms with E-state index in [1.165, 1.54) is 0 Å². The summed E-state index contributed by atoms with van der Waals surface area (Å²) in [7, 11) is 0. The molecule has 0 saturated carbocycles. The van der Waals surface area contributed by atoms with E-state index in [1.54, 1.807) is 0 Å². The zero-order valence-corrected chi connectivity index (χ0v) is 9.84. The van der Waals surface area contributed by atoms with Crippen LogP contribution in [0.15, 0.2) is 0 Å². The molecule has 0 saturated heterocycles. The molecule has 0 bridgehead atoms. The summed E-state index contributed by atoms with van der Waals surface area (Å²) in [6.07, 6.45) is -5.54. The first kappa shape index (κ1) is 17.0. The van der Waals surface area contributed by atoms with Gasteiger partial charge in [-0.2, -0.15) is 13.2 Å². The Morgan fingerprint density at radius 1 is 1.00 bits per heavy atom. The summed E-state index contributed by atoms with van der Waals surface area (Å²) >= 11 is 0. The van der Waals surface area contributed by atoms with Gasteiger partial charge >= 0.3 is 18.2 Å². The average Bonchev–Trinajstić information content (AvgIpc) is 2.28. The van der Waals surface area contributed by atoms with Crippen LogP contribution in [-0.2, 0) is 9.59 Å². The fourth-order valence-electron chi connectivity index (χ4n) is 0.951. The van der Waals surface area contributed by atoms with Gasteiger partial charge in [0.25, 0.3) is 0 Å². The number of carboxylic acids is 1. The largest absolute Gasteiger partial charge is 0.480 e. The minimum absolute atomic E-state index is 0.178. The van der Waals surface area contributed by atoms with Crippen LogP contribution in [0.4, 0.5) is 18.0 Å². The number of aliphatic carboxylic acids is 1. The summed E-state index contributed by atoms with van der Waals surface area (Å²) < 4.78 is 35.3. The second-order valence-electron chi connectivity index (χ2n) is 3.50. The summed E-state index contributed by atoms with van der Waals surface area (Å²) in [6, 6.07) is -0.798. The lowest BCUT2D eigenvalue weighted by Gasteiger charge is -2.08. The van der Waals surface area contributed by atoms with Crippen LogP contribution in [0.25, 0.3) is 0 Å². The summed E-state index contributed by atoms with van der Waals surface area (Å²) in [6.45, 7) is -1.21. The Hall–Kier alpha value is -2.00. The predicted octanol–water partition coefficient (Wildman–Crippen LogP) is -0.171. The molecule has 0 fully saturated rings. The SMILES string of the molecule is O=C(O)CNC(=O)CNC(=O)NCCCC(F)(F)F. The quantitative estimate of drug-likeness (QED) is 0.487. The van der Waals surface area contributed by atoms with Crippen molar-refractivity contribution in [3.8, 4) is 0 Å². The average molecular weight is 285 g/mol. The van der Waals surface area contributed by atoms with Gasteiger partial charge in [0.05, 0.1) is 6.54 Å². The third-order valence-corrected chi connectivity index (χ3v) is 1.77. The van der Waals surface area contributed by atoms with Crippen LogP contribution in [0.1, 0.15) is 12.8 Å². The molecule has 0 spiro atoms. The topological polar surface area (TPSA) is 108 Å². The van der Waals surface area contributed by atoms with E-state index in [0.717, 1.165) is 0 Å². The Bertz CT molecular complexity index is 333. The van der Waals surface area contributed by atoms with Crippen molar-refractivity contribution >= 4 is 17.9 Å². The molecule has 0 aliphatic rings. The van der Waals surface area contributed by atoms with Crippen LogP contribution in [-0.4, -0.2) is 48.8 Å². The summed E-state index contributed by atoms with van der Waals surface area (Å²) in [4.78, 5) is 32.0. The van der Waals surface area contributed by atoms with Gasteiger partial charge < -0.3 is 21.1 Å². The van der Waals surface area contributed by atoms with Crippen molar-refractivity contribution in [1.29, 1.82) is 0 Å². The fraction of sp³-hybridized carbons (Fsp3) is 0.667. The maximum absolute atomic E-state index is 11.8. The monoisotopic (exact) mass is 285 g/mol. The van der Waals surface area contributed by atoms with Gasteiger partial charge in [-0.05, 0) is 6.42 Å². The summed E-state index contributed by atoms with van der Waals surface area (Å²) in [5.41, 5.74) is 0. The van der Waals surface area contributed by atoms with Crippen molar-refractivity contribution in [3.63, 3.8) is 0 Å². The van der Waals surface area contributed by atoms with Gasteiger partial charge in [-0.15, -0.1) is 0 Å². The van der Waals surface area contributed by atoms with Crippen molar-refractivity contribution in [3.05, 3.63) is 0 Å². The third kappa shape index (κ3) is 12.2. The van der Waals surface area contributed by atoms with E-state index in [4.69, 9.17) is 5.11 Å². The van der Waals surface area contributed by atoms with Gasteiger partial charge in [0.1, 0.15) is 6.54 Å². The second kappa shape index (κ2) is 8.16. The second-order valence-corrected chi connectivity index (χ2v) is 3.50. The van der Waals surface area contributed by atoms with Gasteiger partial charge in [-0.25, -0.2) is 4.79 Å². The molecule has 0 aromatic rings. The molecule has 4 N–H and O–H groups in total. The van der Waals surface area contributed by atoms with Gasteiger partial charge in [0.2, 0.25) is 5.91 Å². The minimum Gasteiger partial charge on any atom is -0.480 e. The van der Waals surface area contributed by atoms with Gasteiger partial charge in [0, 0.05) is 13.0 Å². The number of hydrogen-bond donors (Lipinski definition) is 4. The molecule has 0 aliphatic heterocycles. The Morgan fingerprint density at radius 2 is 1.63 bits per heavy atom. The van der Waals surface area contributed by atoms with E-state index < -0.39 is 43.6 Å². The minimum atomic E-state index is -4.27. The molecule has 110 valence electrons. The molecule has 0 aromatic carbocycles. The number of carboxylic acid groups (broad SMARTS) is 1. The van der Waals surface area contributed by atoms with Gasteiger partial charge in [-0.1, -0.05) is 0 Å². The van der Waals surface area contributed by atoms with E-state index in [9.17, 15) is 27.6 Å². The highest BCUT2D eigenvalue weighted by atomic mass is 19.4. The van der Waals surface area contributed by atoms with Crippen molar-refractivity contribution < 1.29 is 32.7 Å². The maximum Gasteiger partial charge on any atom is 0.389 e. The number of amides is 3. The third-order valence-electron chi connectivity index (χ3n) is 1.77. The highest BCUT2D eigenvalue weighted by Gasteiger charge is 2.25. The zero-order chi connectivity index (χ0) is 14.9. The van der Waals surface area contributed by atoms with Crippen LogP contribution in [0, 0.1) is 0 Å². The smallest absolute Gasteiger partial charge is 0.389 e. The lowest BCUT2D eigenvalue weighted by molar-refractivity contribution is -0.137. The number of hydrogen-bond acceptors (Lipinski definition) is 3. The van der Waals surface area contributed by atoms with E-state index in [2.05, 4.69) is 10.6 Å². The first-order valence-electron chi connectivity index (χ1n) is 5.27. The number of carbonyl (C=O) groups is 3. The highest BCUT2D eigenvalue weighted by Crippen LogP contribution is 2.20. The van der Waals surface area contributed by atoms with E-state index >= 15 is 0 Å². The molecule has 3 amide bonds. The molecule has 0 unspecified atom stereocenters. The molecule has 0 heterocycles. The maximum atomic E-state index is 11.8. The molecule has 0 radical (unpaired) electrons. The Labute approximate surface area is 106 Å². The van der Waals surface area contributed by atoms with Gasteiger partial charge in [0.15, 0.2) is 0 Å². The van der Waals surface area contributed by atoms with E-state index in [-0.39, 0.29) is 13.0 Å². The van der Waals surface area contributed by atoms with Crippen LogP contribution in [0.2, 0.25) is 0 Å². The van der Waals surface area contributed by atoms with Crippen molar-refractivity contribution in [2.24, 2.45) is 0 Å². The number of halogens is 3. The lowest BCUT2D eigenvalue weighted by atomic mass is 10.3. The Kier molecular flexibility index (Phi) is 7.30. The number of nitrogens with one attached hydrogen (secondary N) is 3. The first-order chi connectivity index (χ1) is 8.70. The molecular formula is C9H14F3N3O4. The highest BCUT2D eigenvalue weighted by molar-refractivity contribution is 5.86. The number of carbonyl (C=O) groups excluding carboxylic acids is 2. The van der Waals surface area contributed by atoms with Crippen LogP contribution in [0.3, 0.4) is 0 Å². The zero-order valence-electron chi connectivity index (χ0n) is 9.84. The summed E-state index contributed by atoms with van der Waals surface area (Å²) in [5.74, 6) is -1.95. The van der Waals surface area contributed by atoms with Gasteiger partial charge in [-0.3, -0.25) is 9.59 Å². The Morgan fingerprint density at radius 3 is 2.16 bits per heavy atom. The van der Waals surface area contributed by atoms with E-state index in [0.29, 0.717) is 0 Å². The first-order valence-corrected chi connectivity index (χ1v) is 5.27. The molecule has 19 heavy (non-hydrogen) atoms. The van der Waals surface area contributed by atoms with Crippen molar-refractivity contribution in [2.45, 2.75) is 19.0 Å². The number of rotatable bonds is 7. The number of alkyl halides is 3. The van der Waals surface area contributed by atoms with Crippen molar-refractivity contribution in [2.75, 3.05) is 19.6 Å². The molecule has 7 nitrogen and oxygen atoms in total. The standard InChI is InChI=1S/C9H14F3N3O4/c10-9(11,12)2-1-3-13-8(19)15-4-6(16)14-5-7(17)18/h1-5H2,(H,14,16)(H,17,18)(H2,13,15,19). The molecular weight excluding hydrogens is 271 g/mol. The fourth-order valence-corrected chi connectivity index (χ4v) is 0.951. The number of urea groups is 1. The molecule has 0 aromatic heterocycles. The van der Waals surface area contributed by atoms with Crippen LogP contribution >= 0.6 is 0 Å². The predicted molar refractivity (Wildman–Crippen MR) is 57.3 cm³/mol. The van der Waals surface area contributed by atoms with Crippen molar-refractivity contribution in [1.82, 2.24) is 16.0 Å². The normalized spacial score (nSPS) is 10.7.